The van der Waals surface area contributed by atoms with Gasteiger partial charge in [-0.2, -0.15) is 0 Å². The second-order valence-corrected chi connectivity index (χ2v) is 5.55. The van der Waals surface area contributed by atoms with E-state index in [1.54, 1.807) is 6.92 Å². The molecule has 0 aliphatic rings. The molecule has 0 fully saturated rings. The molecule has 0 rings (SSSR count). The van der Waals surface area contributed by atoms with Gasteiger partial charge in [0, 0.05) is 12.0 Å². The van der Waals surface area contributed by atoms with Gasteiger partial charge < -0.3 is 0 Å². The average Bonchev–Trinajstić information content (AvgIpc) is 1.83. The van der Waals surface area contributed by atoms with E-state index in [4.69, 9.17) is 0 Å². The van der Waals surface area contributed by atoms with E-state index in [1.165, 1.54) is 11.5 Å². The maximum absolute atomic E-state index is 11.1. The van der Waals surface area contributed by atoms with Crippen molar-refractivity contribution < 1.29 is 8.42 Å². The normalized spacial score (nSPS) is 14.0. The van der Waals surface area contributed by atoms with Crippen LogP contribution in [0.2, 0.25) is 0 Å². The average molecular weight is 191 g/mol. The summed E-state index contributed by atoms with van der Waals surface area (Å²) in [5.74, 6) is 0. The van der Waals surface area contributed by atoms with E-state index < -0.39 is 10.0 Å². The molecular formula is C8H17NO2S. The molecule has 0 bridgehead atoms. The van der Waals surface area contributed by atoms with Crippen molar-refractivity contribution in [2.75, 3.05) is 6.54 Å². The van der Waals surface area contributed by atoms with Gasteiger partial charge in [0.15, 0.2) is 0 Å². The third-order valence-corrected chi connectivity index (χ3v) is 2.30. The summed E-state index contributed by atoms with van der Waals surface area (Å²) in [6.45, 7) is 8.07. The highest BCUT2D eigenvalue weighted by Crippen LogP contribution is 2.10. The maximum Gasteiger partial charge on any atom is 0.233 e. The molecule has 0 spiro atoms. The van der Waals surface area contributed by atoms with Gasteiger partial charge >= 0.3 is 0 Å². The first-order valence-electron chi connectivity index (χ1n) is 3.89. The van der Waals surface area contributed by atoms with E-state index in [0.29, 0.717) is 6.54 Å². The molecule has 3 nitrogen and oxygen atoms in total. The lowest BCUT2D eigenvalue weighted by molar-refractivity contribution is 0.408. The fourth-order valence-corrected chi connectivity index (χ4v) is 1.63. The molecule has 4 heteroatoms. The van der Waals surface area contributed by atoms with Crippen LogP contribution in [-0.2, 0) is 10.0 Å². The Balaban J connectivity index is 4.12. The van der Waals surface area contributed by atoms with Gasteiger partial charge in [0.1, 0.15) is 0 Å². The van der Waals surface area contributed by atoms with Crippen molar-refractivity contribution in [3.05, 3.63) is 11.5 Å². The smallest absolute Gasteiger partial charge is 0.211 e. The van der Waals surface area contributed by atoms with E-state index in [1.807, 2.05) is 20.8 Å². The topological polar surface area (TPSA) is 46.2 Å². The minimum Gasteiger partial charge on any atom is -0.211 e. The van der Waals surface area contributed by atoms with Crippen LogP contribution in [0.15, 0.2) is 11.5 Å². The highest BCUT2D eigenvalue weighted by atomic mass is 32.2. The van der Waals surface area contributed by atoms with E-state index in [0.717, 1.165) is 0 Å². The van der Waals surface area contributed by atoms with Gasteiger partial charge in [0.2, 0.25) is 10.0 Å². The SMILES string of the molecule is C/C=C/S(=O)(=O)NCC(C)(C)C. The van der Waals surface area contributed by atoms with Crippen LogP contribution in [0.3, 0.4) is 0 Å². The van der Waals surface area contributed by atoms with Crippen LogP contribution in [0.1, 0.15) is 27.7 Å². The van der Waals surface area contributed by atoms with Crippen molar-refractivity contribution in [3.8, 4) is 0 Å². The molecular weight excluding hydrogens is 174 g/mol. The zero-order valence-electron chi connectivity index (χ0n) is 8.09. The fourth-order valence-electron chi connectivity index (χ4n) is 0.544. The van der Waals surface area contributed by atoms with Gasteiger partial charge in [-0.1, -0.05) is 26.8 Å². The molecule has 72 valence electrons. The number of rotatable bonds is 3. The zero-order chi connectivity index (χ0) is 9.83. The van der Waals surface area contributed by atoms with Crippen molar-refractivity contribution in [1.29, 1.82) is 0 Å². The molecule has 0 aromatic heterocycles. The molecule has 0 amide bonds. The summed E-state index contributed by atoms with van der Waals surface area (Å²) in [5.41, 5.74) is -0.0192. The third-order valence-electron chi connectivity index (χ3n) is 1.12. The molecule has 0 heterocycles. The molecule has 0 saturated carbocycles. The van der Waals surface area contributed by atoms with E-state index in [2.05, 4.69) is 4.72 Å². The van der Waals surface area contributed by atoms with Gasteiger partial charge in [-0.25, -0.2) is 13.1 Å². The summed E-state index contributed by atoms with van der Waals surface area (Å²) in [6.07, 6.45) is 1.50. The molecule has 0 atom stereocenters. The van der Waals surface area contributed by atoms with Crippen LogP contribution >= 0.6 is 0 Å². The molecule has 12 heavy (non-hydrogen) atoms. The minimum atomic E-state index is -3.20. The Bertz CT molecular complexity index is 247. The summed E-state index contributed by atoms with van der Waals surface area (Å²) in [4.78, 5) is 0. The van der Waals surface area contributed by atoms with E-state index >= 15 is 0 Å². The molecule has 0 saturated heterocycles. The Morgan fingerprint density at radius 3 is 2.17 bits per heavy atom. The fraction of sp³-hybridized carbons (Fsp3) is 0.750. The molecule has 0 aliphatic heterocycles. The summed E-state index contributed by atoms with van der Waals surface area (Å²) in [7, 11) is -3.20. The van der Waals surface area contributed by atoms with Crippen LogP contribution in [0.25, 0.3) is 0 Å². The van der Waals surface area contributed by atoms with Crippen molar-refractivity contribution in [2.45, 2.75) is 27.7 Å². The van der Waals surface area contributed by atoms with E-state index in [-0.39, 0.29) is 5.41 Å². The van der Waals surface area contributed by atoms with Crippen LogP contribution < -0.4 is 4.72 Å². The molecule has 0 aliphatic carbocycles. The first-order chi connectivity index (χ1) is 5.27. The van der Waals surface area contributed by atoms with Crippen molar-refractivity contribution in [3.63, 3.8) is 0 Å². The summed E-state index contributed by atoms with van der Waals surface area (Å²) in [6, 6.07) is 0. The second kappa shape index (κ2) is 4.05. The van der Waals surface area contributed by atoms with Crippen LogP contribution in [0.5, 0.6) is 0 Å². The number of hydrogen-bond acceptors (Lipinski definition) is 2. The van der Waals surface area contributed by atoms with Gasteiger partial charge in [-0.05, 0) is 12.3 Å². The molecule has 0 unspecified atom stereocenters. The lowest BCUT2D eigenvalue weighted by Crippen LogP contribution is -2.30. The van der Waals surface area contributed by atoms with Gasteiger partial charge in [0.25, 0.3) is 0 Å². The molecule has 0 aromatic rings. The Morgan fingerprint density at radius 2 is 1.83 bits per heavy atom. The highest BCUT2D eigenvalue weighted by Gasteiger charge is 2.13. The first kappa shape index (κ1) is 11.6. The summed E-state index contributed by atoms with van der Waals surface area (Å²) in [5, 5.41) is 1.17. The highest BCUT2D eigenvalue weighted by molar-refractivity contribution is 7.92. The van der Waals surface area contributed by atoms with Crippen LogP contribution in [-0.4, -0.2) is 15.0 Å². The van der Waals surface area contributed by atoms with E-state index in [9.17, 15) is 8.42 Å². The predicted octanol–water partition coefficient (Wildman–Crippen LogP) is 1.49. The van der Waals surface area contributed by atoms with Gasteiger partial charge in [-0.15, -0.1) is 0 Å². The standard InChI is InChI=1S/C8H17NO2S/c1-5-6-12(10,11)9-7-8(2,3)4/h5-6,9H,7H2,1-4H3/b6-5+. The number of nitrogens with one attached hydrogen (secondary N) is 1. The van der Waals surface area contributed by atoms with Crippen molar-refractivity contribution in [2.24, 2.45) is 5.41 Å². The Hall–Kier alpha value is -0.350. The monoisotopic (exact) mass is 191 g/mol. The summed E-state index contributed by atoms with van der Waals surface area (Å²) >= 11 is 0. The minimum absolute atomic E-state index is 0.0192. The van der Waals surface area contributed by atoms with Crippen molar-refractivity contribution in [1.82, 2.24) is 4.72 Å². The second-order valence-electron chi connectivity index (χ2n) is 3.90. The molecule has 1 N–H and O–H groups in total. The lowest BCUT2D eigenvalue weighted by Gasteiger charge is -2.17. The largest absolute Gasteiger partial charge is 0.233 e. The van der Waals surface area contributed by atoms with Gasteiger partial charge in [-0.3, -0.25) is 0 Å². The Morgan fingerprint density at radius 1 is 1.33 bits per heavy atom. The number of allylic oxidation sites excluding steroid dienone is 1. The third kappa shape index (κ3) is 6.37. The maximum atomic E-state index is 11.1. The molecule has 0 aromatic carbocycles. The Kier molecular flexibility index (Phi) is 3.93. The predicted molar refractivity (Wildman–Crippen MR) is 51.2 cm³/mol. The zero-order valence-corrected chi connectivity index (χ0v) is 8.90. The first-order valence-corrected chi connectivity index (χ1v) is 5.44. The number of sulfonamides is 1. The lowest BCUT2D eigenvalue weighted by atomic mass is 9.98. The molecule has 0 radical (unpaired) electrons. The summed E-state index contributed by atoms with van der Waals surface area (Å²) < 4.78 is 24.6. The van der Waals surface area contributed by atoms with Crippen LogP contribution in [0.4, 0.5) is 0 Å². The quantitative estimate of drug-likeness (QED) is 0.734. The Labute approximate surface area is 74.9 Å². The van der Waals surface area contributed by atoms with Gasteiger partial charge in [0.05, 0.1) is 0 Å². The number of hydrogen-bond donors (Lipinski definition) is 1. The van der Waals surface area contributed by atoms with Crippen LogP contribution in [0, 0.1) is 5.41 Å². The van der Waals surface area contributed by atoms with Crippen molar-refractivity contribution >= 4 is 10.0 Å².